The number of hydrogen-bond donors (Lipinski definition) is 4. The highest BCUT2D eigenvalue weighted by Crippen LogP contribution is 2.25. The molecule has 6 nitrogen and oxygen atoms in total. The molecule has 0 aliphatic carbocycles. The summed E-state index contributed by atoms with van der Waals surface area (Å²) in [4.78, 5) is 4.39. The summed E-state index contributed by atoms with van der Waals surface area (Å²) < 4.78 is 18.1. The van der Waals surface area contributed by atoms with Crippen molar-refractivity contribution < 1.29 is 8.81 Å². The lowest BCUT2D eigenvalue weighted by Crippen LogP contribution is -2.13. The van der Waals surface area contributed by atoms with Gasteiger partial charge >= 0.3 is 0 Å². The molecule has 25 heavy (non-hydrogen) atoms. The number of halogens is 1. The molecule has 0 saturated carbocycles. The molecule has 3 rings (SSSR count). The van der Waals surface area contributed by atoms with Gasteiger partial charge in [-0.2, -0.15) is 0 Å². The summed E-state index contributed by atoms with van der Waals surface area (Å²) in [6, 6.07) is 11.7. The minimum Gasteiger partial charge on any atom is -0.472 e. The summed E-state index contributed by atoms with van der Waals surface area (Å²) in [5.41, 5.74) is 2.64. The van der Waals surface area contributed by atoms with Crippen LogP contribution in [0.1, 0.15) is 5.56 Å². The van der Waals surface area contributed by atoms with Crippen molar-refractivity contribution in [2.24, 2.45) is 0 Å². The second kappa shape index (κ2) is 7.39. The van der Waals surface area contributed by atoms with Crippen LogP contribution in [-0.2, 0) is 6.54 Å². The molecule has 7 heteroatoms. The van der Waals surface area contributed by atoms with Gasteiger partial charge in [0, 0.05) is 12.1 Å². The van der Waals surface area contributed by atoms with E-state index >= 15 is 0 Å². The van der Waals surface area contributed by atoms with Crippen LogP contribution in [0.2, 0.25) is 0 Å². The largest absolute Gasteiger partial charge is 0.472 e. The van der Waals surface area contributed by atoms with E-state index in [-0.39, 0.29) is 11.7 Å². The van der Waals surface area contributed by atoms with Gasteiger partial charge in [-0.1, -0.05) is 12.1 Å². The fraction of sp³-hybridized carbons (Fsp3) is 0.0556. The number of nitrogens with zero attached hydrogens (tertiary/aromatic N) is 1. The minimum atomic E-state index is -0.277. The van der Waals surface area contributed by atoms with Gasteiger partial charge in [-0.05, 0) is 41.5 Å². The van der Waals surface area contributed by atoms with Crippen LogP contribution in [0, 0.1) is 16.6 Å². The third-order valence-corrected chi connectivity index (χ3v) is 3.47. The van der Waals surface area contributed by atoms with E-state index < -0.39 is 0 Å². The first-order valence-electron chi connectivity index (χ1n) is 7.53. The summed E-state index contributed by atoms with van der Waals surface area (Å²) in [5, 5.41) is 20.6. The second-order valence-electron chi connectivity index (χ2n) is 5.30. The lowest BCUT2D eigenvalue weighted by atomic mass is 10.1. The van der Waals surface area contributed by atoms with Gasteiger partial charge in [0.2, 0.25) is 0 Å². The Balaban J connectivity index is 1.84. The van der Waals surface area contributed by atoms with Gasteiger partial charge in [0.1, 0.15) is 23.3 Å². The zero-order chi connectivity index (χ0) is 17.6. The van der Waals surface area contributed by atoms with E-state index in [0.717, 1.165) is 22.9 Å². The highest BCUT2D eigenvalue weighted by atomic mass is 19.1. The molecule has 0 radical (unpaired) electrons. The van der Waals surface area contributed by atoms with Crippen LogP contribution in [-0.4, -0.2) is 17.0 Å². The Morgan fingerprint density at radius 2 is 1.88 bits per heavy atom. The first-order chi connectivity index (χ1) is 12.1. The van der Waals surface area contributed by atoms with Crippen molar-refractivity contribution in [3.8, 4) is 11.1 Å². The Labute approximate surface area is 143 Å². The van der Waals surface area contributed by atoms with Crippen LogP contribution in [0.3, 0.4) is 0 Å². The summed E-state index contributed by atoms with van der Waals surface area (Å²) in [6.07, 6.45) is 4.09. The quantitative estimate of drug-likeness (QED) is 0.401. The molecule has 0 aliphatic heterocycles. The molecule has 0 spiro atoms. The summed E-state index contributed by atoms with van der Waals surface area (Å²) in [6.45, 7) is 0.476. The molecular weight excluding hydrogens is 321 g/mol. The zero-order valence-electron chi connectivity index (χ0n) is 13.2. The van der Waals surface area contributed by atoms with Gasteiger partial charge in [-0.3, -0.25) is 5.41 Å². The predicted octanol–water partition coefficient (Wildman–Crippen LogP) is 4.13. The number of furan rings is 1. The van der Waals surface area contributed by atoms with E-state index in [9.17, 15) is 4.39 Å². The zero-order valence-corrected chi connectivity index (χ0v) is 13.2. The Bertz CT molecular complexity index is 875. The van der Waals surface area contributed by atoms with Crippen molar-refractivity contribution in [1.82, 2.24) is 4.98 Å². The SMILES string of the molecule is N=CC(=N)Nc1cc(-c2ccoc2)cc(NCc2ccc(F)cc2)n1. The monoisotopic (exact) mass is 337 g/mol. The molecule has 0 saturated heterocycles. The van der Waals surface area contributed by atoms with Crippen molar-refractivity contribution in [2.75, 3.05) is 10.6 Å². The maximum atomic E-state index is 13.0. The van der Waals surface area contributed by atoms with Crippen molar-refractivity contribution in [3.05, 3.63) is 66.4 Å². The Morgan fingerprint density at radius 1 is 1.12 bits per heavy atom. The first-order valence-corrected chi connectivity index (χ1v) is 7.53. The Kier molecular flexibility index (Phi) is 4.84. The topological polar surface area (TPSA) is 97.8 Å². The number of anilines is 2. The van der Waals surface area contributed by atoms with Crippen molar-refractivity contribution in [2.45, 2.75) is 6.54 Å². The average Bonchev–Trinajstić information content (AvgIpc) is 3.16. The molecule has 0 atom stereocenters. The average molecular weight is 337 g/mol. The fourth-order valence-corrected chi connectivity index (χ4v) is 2.25. The van der Waals surface area contributed by atoms with Gasteiger partial charge in [0.05, 0.1) is 18.7 Å². The summed E-state index contributed by atoms with van der Waals surface area (Å²) in [5.74, 6) is 0.680. The third kappa shape index (κ3) is 4.29. The van der Waals surface area contributed by atoms with Crippen LogP contribution in [0.25, 0.3) is 11.1 Å². The Hall–Kier alpha value is -3.48. The number of aromatic nitrogens is 1. The molecule has 0 bridgehead atoms. The smallest absolute Gasteiger partial charge is 0.141 e. The van der Waals surface area contributed by atoms with Crippen LogP contribution in [0.5, 0.6) is 0 Å². The maximum Gasteiger partial charge on any atom is 0.141 e. The van der Waals surface area contributed by atoms with Crippen LogP contribution in [0.4, 0.5) is 16.0 Å². The second-order valence-corrected chi connectivity index (χ2v) is 5.30. The number of nitrogens with one attached hydrogen (secondary N) is 4. The van der Waals surface area contributed by atoms with Crippen molar-refractivity contribution in [3.63, 3.8) is 0 Å². The molecule has 2 heterocycles. The normalized spacial score (nSPS) is 10.3. The van der Waals surface area contributed by atoms with Gasteiger partial charge in [-0.15, -0.1) is 0 Å². The minimum absolute atomic E-state index is 0.0682. The molecule has 1 aromatic carbocycles. The van der Waals surface area contributed by atoms with E-state index in [2.05, 4.69) is 15.6 Å². The highest BCUT2D eigenvalue weighted by molar-refractivity contribution is 6.32. The third-order valence-electron chi connectivity index (χ3n) is 3.47. The fourth-order valence-electron chi connectivity index (χ4n) is 2.25. The van der Waals surface area contributed by atoms with E-state index in [1.165, 1.54) is 12.1 Å². The van der Waals surface area contributed by atoms with Gasteiger partial charge in [-0.25, -0.2) is 9.37 Å². The van der Waals surface area contributed by atoms with E-state index in [1.54, 1.807) is 30.7 Å². The number of amidine groups is 1. The standard InChI is InChI=1S/C18H16FN5O/c19-15-3-1-12(2-4-15)10-22-17-7-14(13-5-6-25-11-13)8-18(24-17)23-16(21)9-20/h1-9,11,20H,10H2,(H3,21,22,23,24). The number of pyridine rings is 1. The molecule has 126 valence electrons. The molecule has 0 amide bonds. The highest BCUT2D eigenvalue weighted by Gasteiger charge is 2.07. The lowest BCUT2D eigenvalue weighted by Gasteiger charge is -2.11. The van der Waals surface area contributed by atoms with Crippen LogP contribution in [0.15, 0.2) is 59.4 Å². The molecule has 3 aromatic rings. The van der Waals surface area contributed by atoms with Crippen LogP contribution < -0.4 is 10.6 Å². The van der Waals surface area contributed by atoms with E-state index in [0.29, 0.717) is 18.2 Å². The van der Waals surface area contributed by atoms with Crippen LogP contribution >= 0.6 is 0 Å². The van der Waals surface area contributed by atoms with E-state index in [1.807, 2.05) is 12.1 Å². The van der Waals surface area contributed by atoms with Crippen molar-refractivity contribution >= 4 is 23.7 Å². The number of hydrogen-bond acceptors (Lipinski definition) is 5. The lowest BCUT2D eigenvalue weighted by molar-refractivity contribution is 0.568. The summed E-state index contributed by atoms with van der Waals surface area (Å²) >= 11 is 0. The Morgan fingerprint density at radius 3 is 2.56 bits per heavy atom. The molecule has 0 unspecified atom stereocenters. The first kappa shape index (κ1) is 16.4. The maximum absolute atomic E-state index is 13.0. The molecule has 0 aliphatic rings. The predicted molar refractivity (Wildman–Crippen MR) is 95.8 cm³/mol. The molecule has 4 N–H and O–H groups in total. The van der Waals surface area contributed by atoms with Gasteiger partial charge in [0.25, 0.3) is 0 Å². The van der Waals surface area contributed by atoms with Crippen molar-refractivity contribution in [1.29, 1.82) is 10.8 Å². The number of benzene rings is 1. The molecule has 2 aromatic heterocycles. The van der Waals surface area contributed by atoms with E-state index in [4.69, 9.17) is 15.2 Å². The summed E-state index contributed by atoms with van der Waals surface area (Å²) in [7, 11) is 0. The number of rotatable bonds is 6. The van der Waals surface area contributed by atoms with Gasteiger partial charge in [0.15, 0.2) is 0 Å². The van der Waals surface area contributed by atoms with Gasteiger partial charge < -0.3 is 20.5 Å². The molecule has 0 fully saturated rings. The molecular formula is C18H16FN5O.